The number of ether oxygens (including phenoxy) is 1. The number of nitrogens with one attached hydrogen (secondary N) is 1. The van der Waals surface area contributed by atoms with Gasteiger partial charge in [0.2, 0.25) is 0 Å². The molecule has 2 aromatic carbocycles. The Balaban J connectivity index is 1.80. The Labute approximate surface area is 173 Å². The molecule has 2 N–H and O–H groups in total. The van der Waals surface area contributed by atoms with Crippen LogP contribution in [0, 0.1) is 10.1 Å². The van der Waals surface area contributed by atoms with Crippen molar-refractivity contribution in [2.45, 2.75) is 32.4 Å². The van der Waals surface area contributed by atoms with Crippen LogP contribution in [0.5, 0.6) is 0 Å². The molecule has 1 aliphatic heterocycles. The van der Waals surface area contributed by atoms with Gasteiger partial charge in [-0.25, -0.2) is 4.79 Å². The minimum Gasteiger partial charge on any atom is -0.449 e. The van der Waals surface area contributed by atoms with E-state index in [1.165, 1.54) is 19.1 Å². The van der Waals surface area contributed by atoms with Gasteiger partial charge in [0.25, 0.3) is 11.6 Å². The van der Waals surface area contributed by atoms with Crippen LogP contribution in [-0.2, 0) is 16.0 Å². The summed E-state index contributed by atoms with van der Waals surface area (Å²) in [7, 11) is 0. The number of rotatable bonds is 7. The van der Waals surface area contributed by atoms with Crippen molar-refractivity contribution in [1.82, 2.24) is 0 Å². The molecule has 0 unspecified atom stereocenters. The van der Waals surface area contributed by atoms with Crippen molar-refractivity contribution in [2.24, 2.45) is 0 Å². The largest absolute Gasteiger partial charge is 0.449 e. The second kappa shape index (κ2) is 8.91. The van der Waals surface area contributed by atoms with Crippen molar-refractivity contribution < 1.29 is 24.4 Å². The van der Waals surface area contributed by atoms with Gasteiger partial charge in [0.1, 0.15) is 0 Å². The monoisotopic (exact) mass is 413 g/mol. The highest BCUT2D eigenvalue weighted by Crippen LogP contribution is 2.32. The minimum absolute atomic E-state index is 0.0735. The standard InChI is InChI=1S/C21H23N3O6/c1-13-11-15-5-3-4-6-19(15)23(13)20(26)14(2)30-21(27)17-12-16(24(28)29)7-8-18(17)22-9-10-25/h3-8,12-14,22,25H,9-11H2,1-2H3/t13-,14-/m1/s1. The molecule has 3 rings (SSSR count). The van der Waals surface area contributed by atoms with Crippen molar-refractivity contribution in [3.63, 3.8) is 0 Å². The molecule has 9 nitrogen and oxygen atoms in total. The van der Waals surface area contributed by atoms with E-state index in [9.17, 15) is 19.7 Å². The number of anilines is 2. The Morgan fingerprint density at radius 3 is 2.77 bits per heavy atom. The van der Waals surface area contributed by atoms with Crippen LogP contribution in [0.15, 0.2) is 42.5 Å². The maximum Gasteiger partial charge on any atom is 0.341 e. The van der Waals surface area contributed by atoms with E-state index in [2.05, 4.69) is 5.32 Å². The quantitative estimate of drug-likeness (QED) is 0.406. The molecule has 30 heavy (non-hydrogen) atoms. The van der Waals surface area contributed by atoms with Gasteiger partial charge in [-0.05, 0) is 38.0 Å². The maximum atomic E-state index is 13.0. The third-order valence-corrected chi connectivity index (χ3v) is 4.94. The minimum atomic E-state index is -1.09. The molecule has 0 saturated heterocycles. The maximum absolute atomic E-state index is 13.0. The molecule has 158 valence electrons. The third kappa shape index (κ3) is 4.25. The lowest BCUT2D eigenvalue weighted by atomic mass is 10.1. The fourth-order valence-corrected chi connectivity index (χ4v) is 3.53. The zero-order chi connectivity index (χ0) is 21.8. The van der Waals surface area contributed by atoms with Crippen LogP contribution in [0.2, 0.25) is 0 Å². The van der Waals surface area contributed by atoms with Crippen LogP contribution in [-0.4, -0.2) is 47.2 Å². The number of non-ortho nitro benzene ring substituents is 1. The lowest BCUT2D eigenvalue weighted by Crippen LogP contribution is -2.43. The summed E-state index contributed by atoms with van der Waals surface area (Å²) in [6, 6.07) is 11.2. The summed E-state index contributed by atoms with van der Waals surface area (Å²) in [5, 5.41) is 22.9. The van der Waals surface area contributed by atoms with Crippen LogP contribution in [0.4, 0.5) is 17.1 Å². The van der Waals surface area contributed by atoms with E-state index in [0.29, 0.717) is 6.42 Å². The number of esters is 1. The number of nitrogens with zero attached hydrogens (tertiary/aromatic N) is 2. The average Bonchev–Trinajstić information content (AvgIpc) is 3.06. The molecule has 2 atom stereocenters. The van der Waals surface area contributed by atoms with Gasteiger partial charge in [0.15, 0.2) is 6.10 Å². The van der Waals surface area contributed by atoms with Crippen LogP contribution in [0.3, 0.4) is 0 Å². The number of para-hydroxylation sites is 1. The summed E-state index contributed by atoms with van der Waals surface area (Å²) in [6.07, 6.45) is -0.376. The summed E-state index contributed by atoms with van der Waals surface area (Å²) in [5.74, 6) is -1.23. The highest BCUT2D eigenvalue weighted by molar-refractivity contribution is 6.02. The zero-order valence-corrected chi connectivity index (χ0v) is 16.7. The second-order valence-electron chi connectivity index (χ2n) is 7.08. The Morgan fingerprint density at radius 2 is 2.07 bits per heavy atom. The first-order valence-electron chi connectivity index (χ1n) is 9.58. The van der Waals surface area contributed by atoms with E-state index < -0.39 is 17.0 Å². The number of nitro benzene ring substituents is 1. The van der Waals surface area contributed by atoms with Crippen LogP contribution in [0.25, 0.3) is 0 Å². The predicted molar refractivity (Wildman–Crippen MR) is 111 cm³/mol. The molecule has 0 spiro atoms. The molecule has 9 heteroatoms. The number of amides is 1. The van der Waals surface area contributed by atoms with Crippen molar-refractivity contribution in [3.8, 4) is 0 Å². The van der Waals surface area contributed by atoms with Crippen molar-refractivity contribution in [2.75, 3.05) is 23.4 Å². The number of aliphatic hydroxyl groups excluding tert-OH is 1. The van der Waals surface area contributed by atoms with E-state index in [4.69, 9.17) is 9.84 Å². The highest BCUT2D eigenvalue weighted by atomic mass is 16.6. The number of carbonyl (C=O) groups excluding carboxylic acids is 2. The Bertz CT molecular complexity index is 977. The van der Waals surface area contributed by atoms with Crippen molar-refractivity contribution in [1.29, 1.82) is 0 Å². The smallest absolute Gasteiger partial charge is 0.341 e. The van der Waals surface area contributed by atoms with E-state index in [-0.39, 0.29) is 42.0 Å². The summed E-state index contributed by atoms with van der Waals surface area (Å²) in [4.78, 5) is 37.8. The molecule has 2 aromatic rings. The number of hydrogen-bond acceptors (Lipinski definition) is 7. The lowest BCUT2D eigenvalue weighted by molar-refractivity contribution is -0.384. The van der Waals surface area contributed by atoms with Crippen LogP contribution >= 0.6 is 0 Å². The van der Waals surface area contributed by atoms with Gasteiger partial charge in [-0.3, -0.25) is 14.9 Å². The molecule has 0 bridgehead atoms. The third-order valence-electron chi connectivity index (χ3n) is 4.94. The molecule has 1 heterocycles. The van der Waals surface area contributed by atoms with Gasteiger partial charge < -0.3 is 20.1 Å². The van der Waals surface area contributed by atoms with Gasteiger partial charge in [-0.15, -0.1) is 0 Å². The Hall–Kier alpha value is -3.46. The number of carbonyl (C=O) groups is 2. The van der Waals surface area contributed by atoms with Crippen molar-refractivity contribution in [3.05, 3.63) is 63.7 Å². The highest BCUT2D eigenvalue weighted by Gasteiger charge is 2.35. The number of hydrogen-bond donors (Lipinski definition) is 2. The summed E-state index contributed by atoms with van der Waals surface area (Å²) in [5.41, 5.74) is 1.76. The van der Waals surface area contributed by atoms with Crippen LogP contribution in [0.1, 0.15) is 29.8 Å². The molecule has 0 saturated carbocycles. The zero-order valence-electron chi connectivity index (χ0n) is 16.7. The number of benzene rings is 2. The van der Waals surface area contributed by atoms with E-state index >= 15 is 0 Å². The molecule has 0 fully saturated rings. The summed E-state index contributed by atoms with van der Waals surface area (Å²) < 4.78 is 5.37. The molecule has 0 aromatic heterocycles. The predicted octanol–water partition coefficient (Wildman–Crippen LogP) is 2.52. The Kier molecular flexibility index (Phi) is 6.31. The molecule has 0 aliphatic carbocycles. The first kappa shape index (κ1) is 21.3. The van der Waals surface area contributed by atoms with Crippen LogP contribution < -0.4 is 10.2 Å². The fourth-order valence-electron chi connectivity index (χ4n) is 3.53. The normalized spacial score (nSPS) is 16.0. The molecular weight excluding hydrogens is 390 g/mol. The molecular formula is C21H23N3O6. The van der Waals surface area contributed by atoms with Gasteiger partial charge in [0.05, 0.1) is 17.1 Å². The average molecular weight is 413 g/mol. The van der Waals surface area contributed by atoms with E-state index in [0.717, 1.165) is 17.3 Å². The molecule has 0 radical (unpaired) electrons. The SMILES string of the molecule is C[C@@H]1Cc2ccccc2N1C(=O)[C@@H](C)OC(=O)c1cc([N+](=O)[O-])ccc1NCCO. The van der Waals surface area contributed by atoms with E-state index in [1.54, 1.807) is 4.90 Å². The molecule has 1 amide bonds. The number of aliphatic hydroxyl groups is 1. The first-order valence-corrected chi connectivity index (χ1v) is 9.58. The second-order valence-corrected chi connectivity index (χ2v) is 7.08. The van der Waals surface area contributed by atoms with E-state index in [1.807, 2.05) is 31.2 Å². The summed E-state index contributed by atoms with van der Waals surface area (Å²) in [6.45, 7) is 3.36. The van der Waals surface area contributed by atoms with Gasteiger partial charge in [-0.2, -0.15) is 0 Å². The number of nitro groups is 1. The van der Waals surface area contributed by atoms with Crippen molar-refractivity contribution >= 4 is 28.9 Å². The van der Waals surface area contributed by atoms with Gasteiger partial charge in [0, 0.05) is 36.1 Å². The van der Waals surface area contributed by atoms with Gasteiger partial charge >= 0.3 is 5.97 Å². The number of fused-ring (bicyclic) bond motifs is 1. The lowest BCUT2D eigenvalue weighted by Gasteiger charge is -2.26. The topological polar surface area (TPSA) is 122 Å². The fraction of sp³-hybridized carbons (Fsp3) is 0.333. The summed E-state index contributed by atoms with van der Waals surface area (Å²) >= 11 is 0. The first-order chi connectivity index (χ1) is 14.3. The van der Waals surface area contributed by atoms with Gasteiger partial charge in [-0.1, -0.05) is 18.2 Å². The molecule has 1 aliphatic rings. The Morgan fingerprint density at radius 1 is 1.33 bits per heavy atom.